The van der Waals surface area contributed by atoms with Crippen LogP contribution in [0.15, 0.2) is 0 Å². The zero-order chi connectivity index (χ0) is 15.0. The Hall–Kier alpha value is -0.810. The third-order valence-corrected chi connectivity index (χ3v) is 4.82. The van der Waals surface area contributed by atoms with Gasteiger partial charge in [0.05, 0.1) is 0 Å². The zero-order valence-corrected chi connectivity index (χ0v) is 13.2. The number of amides is 2. The molecule has 1 fully saturated rings. The lowest BCUT2D eigenvalue weighted by Crippen LogP contribution is -2.49. The Balaban J connectivity index is 2.34. The summed E-state index contributed by atoms with van der Waals surface area (Å²) in [6.45, 7) is 7.15. The molecule has 1 heterocycles. The Bertz CT molecular complexity index is 285. The Morgan fingerprint density at radius 3 is 2.40 bits per heavy atom. The maximum absolute atomic E-state index is 12.0. The van der Waals surface area contributed by atoms with Gasteiger partial charge in [0.15, 0.2) is 0 Å². The largest absolute Gasteiger partial charge is 0.396 e. The van der Waals surface area contributed by atoms with Crippen LogP contribution in [0.25, 0.3) is 0 Å². The summed E-state index contributed by atoms with van der Waals surface area (Å²) in [4.78, 5) is 14.3. The molecule has 2 amide bonds. The van der Waals surface area contributed by atoms with E-state index in [1.54, 1.807) is 0 Å². The van der Waals surface area contributed by atoms with E-state index in [2.05, 4.69) is 36.4 Å². The first-order valence-electron chi connectivity index (χ1n) is 7.89. The lowest BCUT2D eigenvalue weighted by molar-refractivity contribution is 0.161. The molecule has 0 atom stereocenters. The van der Waals surface area contributed by atoms with Crippen molar-refractivity contribution in [1.82, 2.24) is 15.5 Å². The topological polar surface area (TPSA) is 64.6 Å². The van der Waals surface area contributed by atoms with E-state index in [1.165, 1.54) is 0 Å². The van der Waals surface area contributed by atoms with E-state index in [9.17, 15) is 9.90 Å². The minimum atomic E-state index is -0.0660. The SMILES string of the molecule is CCC(CC)(CCO)CNC(=O)NC1CCN(C)CC1. The van der Waals surface area contributed by atoms with E-state index in [-0.39, 0.29) is 18.1 Å². The summed E-state index contributed by atoms with van der Waals surface area (Å²) in [6, 6.07) is 0.227. The average molecular weight is 285 g/mol. The second kappa shape index (κ2) is 8.47. The molecule has 0 saturated carbocycles. The van der Waals surface area contributed by atoms with Crippen molar-refractivity contribution in [2.24, 2.45) is 5.41 Å². The molecule has 1 rings (SSSR count). The maximum Gasteiger partial charge on any atom is 0.315 e. The number of rotatable bonds is 7. The molecule has 1 aliphatic heterocycles. The Morgan fingerprint density at radius 1 is 1.30 bits per heavy atom. The number of nitrogens with one attached hydrogen (secondary N) is 2. The first-order valence-corrected chi connectivity index (χ1v) is 7.89. The van der Waals surface area contributed by atoms with Gasteiger partial charge in [-0.3, -0.25) is 0 Å². The van der Waals surface area contributed by atoms with E-state index in [0.717, 1.165) is 45.2 Å². The Labute approximate surface area is 123 Å². The molecule has 5 nitrogen and oxygen atoms in total. The first-order chi connectivity index (χ1) is 9.55. The number of aliphatic hydroxyl groups is 1. The van der Waals surface area contributed by atoms with Crippen LogP contribution in [0, 0.1) is 5.41 Å². The summed E-state index contributed by atoms with van der Waals surface area (Å²) in [6.07, 6.45) is 4.73. The lowest BCUT2D eigenvalue weighted by atomic mass is 9.79. The molecular weight excluding hydrogens is 254 g/mol. The van der Waals surface area contributed by atoms with Crippen LogP contribution in [0.5, 0.6) is 0 Å². The molecule has 0 aromatic rings. The van der Waals surface area contributed by atoms with Gasteiger partial charge in [0.2, 0.25) is 0 Å². The van der Waals surface area contributed by atoms with E-state index in [1.807, 2.05) is 0 Å². The Morgan fingerprint density at radius 2 is 1.90 bits per heavy atom. The van der Waals surface area contributed by atoms with Gasteiger partial charge in [-0.05, 0) is 57.7 Å². The number of hydrogen-bond donors (Lipinski definition) is 3. The molecule has 20 heavy (non-hydrogen) atoms. The van der Waals surface area contributed by atoms with Gasteiger partial charge in [-0.25, -0.2) is 4.79 Å². The number of carbonyl (C=O) groups is 1. The van der Waals surface area contributed by atoms with Crippen molar-refractivity contribution < 1.29 is 9.90 Å². The van der Waals surface area contributed by atoms with Crippen LogP contribution in [0.1, 0.15) is 46.0 Å². The summed E-state index contributed by atoms with van der Waals surface area (Å²) in [7, 11) is 2.11. The average Bonchev–Trinajstić information content (AvgIpc) is 2.46. The summed E-state index contributed by atoms with van der Waals surface area (Å²) >= 11 is 0. The standard InChI is InChI=1S/C15H31N3O2/c1-4-15(5-2,8-11-19)12-16-14(20)17-13-6-9-18(3)10-7-13/h13,19H,4-12H2,1-3H3,(H2,16,17,20). The van der Waals surface area contributed by atoms with Crippen LogP contribution >= 0.6 is 0 Å². The summed E-state index contributed by atoms with van der Waals surface area (Å²) in [5.41, 5.74) is 0.0267. The van der Waals surface area contributed by atoms with Gasteiger partial charge in [0, 0.05) is 19.2 Å². The summed E-state index contributed by atoms with van der Waals surface area (Å²) in [5, 5.41) is 15.2. The van der Waals surface area contributed by atoms with Crippen LogP contribution < -0.4 is 10.6 Å². The fourth-order valence-corrected chi connectivity index (χ4v) is 2.84. The quantitative estimate of drug-likeness (QED) is 0.665. The van der Waals surface area contributed by atoms with E-state index in [4.69, 9.17) is 0 Å². The van der Waals surface area contributed by atoms with Crippen LogP contribution in [-0.2, 0) is 0 Å². The smallest absolute Gasteiger partial charge is 0.315 e. The number of urea groups is 1. The molecule has 3 N–H and O–H groups in total. The third-order valence-electron chi connectivity index (χ3n) is 4.82. The monoisotopic (exact) mass is 285 g/mol. The minimum Gasteiger partial charge on any atom is -0.396 e. The van der Waals surface area contributed by atoms with Crippen LogP contribution in [0.4, 0.5) is 4.79 Å². The van der Waals surface area contributed by atoms with E-state index >= 15 is 0 Å². The third kappa shape index (κ3) is 5.29. The minimum absolute atomic E-state index is 0.0267. The highest BCUT2D eigenvalue weighted by Crippen LogP contribution is 2.29. The molecule has 0 aliphatic carbocycles. The molecule has 1 aliphatic rings. The molecule has 0 radical (unpaired) electrons. The molecule has 0 bridgehead atoms. The van der Waals surface area contributed by atoms with Crippen molar-refractivity contribution in [3.63, 3.8) is 0 Å². The lowest BCUT2D eigenvalue weighted by Gasteiger charge is -2.33. The first kappa shape index (κ1) is 17.2. The highest BCUT2D eigenvalue weighted by molar-refractivity contribution is 5.74. The predicted octanol–water partition coefficient (Wildman–Crippen LogP) is 1.57. The van der Waals surface area contributed by atoms with Gasteiger partial charge in [0.1, 0.15) is 0 Å². The van der Waals surface area contributed by atoms with Crippen molar-refractivity contribution >= 4 is 6.03 Å². The molecular formula is C15H31N3O2. The Kier molecular flexibility index (Phi) is 7.30. The zero-order valence-electron chi connectivity index (χ0n) is 13.2. The molecule has 0 spiro atoms. The van der Waals surface area contributed by atoms with Gasteiger partial charge in [-0.1, -0.05) is 13.8 Å². The molecule has 118 valence electrons. The van der Waals surface area contributed by atoms with Crippen LogP contribution in [-0.4, -0.2) is 55.4 Å². The van der Waals surface area contributed by atoms with E-state index < -0.39 is 0 Å². The number of aliphatic hydroxyl groups excluding tert-OH is 1. The van der Waals surface area contributed by atoms with E-state index in [0.29, 0.717) is 12.6 Å². The highest BCUT2D eigenvalue weighted by atomic mass is 16.3. The fraction of sp³-hybridized carbons (Fsp3) is 0.933. The molecule has 0 unspecified atom stereocenters. The molecule has 5 heteroatoms. The number of carbonyl (C=O) groups excluding carboxylic acids is 1. The van der Waals surface area contributed by atoms with Gasteiger partial charge in [-0.2, -0.15) is 0 Å². The van der Waals surface area contributed by atoms with Crippen molar-refractivity contribution in [3.8, 4) is 0 Å². The second-order valence-corrected chi connectivity index (χ2v) is 6.09. The van der Waals surface area contributed by atoms with Crippen molar-refractivity contribution in [1.29, 1.82) is 0 Å². The second-order valence-electron chi connectivity index (χ2n) is 6.09. The normalized spacial score (nSPS) is 18.0. The number of hydrogen-bond acceptors (Lipinski definition) is 3. The number of nitrogens with zero attached hydrogens (tertiary/aromatic N) is 1. The fourth-order valence-electron chi connectivity index (χ4n) is 2.84. The predicted molar refractivity (Wildman–Crippen MR) is 81.8 cm³/mol. The molecule has 1 saturated heterocycles. The summed E-state index contributed by atoms with van der Waals surface area (Å²) in [5.74, 6) is 0. The van der Waals surface area contributed by atoms with Gasteiger partial charge >= 0.3 is 6.03 Å². The van der Waals surface area contributed by atoms with Gasteiger partial charge in [-0.15, -0.1) is 0 Å². The van der Waals surface area contributed by atoms with Crippen LogP contribution in [0.2, 0.25) is 0 Å². The highest BCUT2D eigenvalue weighted by Gasteiger charge is 2.26. The maximum atomic E-state index is 12.0. The van der Waals surface area contributed by atoms with Crippen molar-refractivity contribution in [2.75, 3.05) is 33.3 Å². The van der Waals surface area contributed by atoms with Crippen molar-refractivity contribution in [2.45, 2.75) is 52.0 Å². The molecule has 0 aromatic carbocycles. The van der Waals surface area contributed by atoms with Crippen molar-refractivity contribution in [3.05, 3.63) is 0 Å². The number of piperidine rings is 1. The van der Waals surface area contributed by atoms with Gasteiger partial charge < -0.3 is 20.6 Å². The summed E-state index contributed by atoms with van der Waals surface area (Å²) < 4.78 is 0. The van der Waals surface area contributed by atoms with Gasteiger partial charge in [0.25, 0.3) is 0 Å². The number of likely N-dealkylation sites (tertiary alicyclic amines) is 1. The van der Waals surface area contributed by atoms with Crippen LogP contribution in [0.3, 0.4) is 0 Å². The molecule has 0 aromatic heterocycles.